The van der Waals surface area contributed by atoms with E-state index in [2.05, 4.69) is 38.0 Å². The Hall–Kier alpha value is -3.40. The van der Waals surface area contributed by atoms with Crippen LogP contribution in [0.25, 0.3) is 10.9 Å². The van der Waals surface area contributed by atoms with Crippen LogP contribution in [0.2, 0.25) is 0 Å². The second-order valence-corrected chi connectivity index (χ2v) is 12.9. The summed E-state index contributed by atoms with van der Waals surface area (Å²) in [5.41, 5.74) is 4.21. The van der Waals surface area contributed by atoms with Gasteiger partial charge < -0.3 is 9.64 Å². The molecule has 0 atom stereocenters. The predicted octanol–water partition coefficient (Wildman–Crippen LogP) is 6.09. The second kappa shape index (κ2) is 10.2. The van der Waals surface area contributed by atoms with Crippen LogP contribution >= 0.6 is 0 Å². The Morgan fingerprint density at radius 1 is 0.951 bits per heavy atom. The first-order valence-electron chi connectivity index (χ1n) is 14.2. The summed E-state index contributed by atoms with van der Waals surface area (Å²) in [5.74, 6) is 0.727. The molecule has 218 valence electrons. The first-order valence-corrected chi connectivity index (χ1v) is 14.2. The normalized spacial score (nSPS) is 19.0. The highest BCUT2D eigenvalue weighted by Gasteiger charge is 2.45. The van der Waals surface area contributed by atoms with Crippen molar-refractivity contribution in [3.05, 3.63) is 65.0 Å². The van der Waals surface area contributed by atoms with Gasteiger partial charge in [0.15, 0.2) is 0 Å². The van der Waals surface area contributed by atoms with E-state index in [9.17, 15) is 18.0 Å². The van der Waals surface area contributed by atoms with Gasteiger partial charge in [0.05, 0.1) is 11.9 Å². The molecule has 0 bridgehead atoms. The Kier molecular flexibility index (Phi) is 6.87. The van der Waals surface area contributed by atoms with E-state index in [4.69, 9.17) is 4.74 Å². The number of hydrogen-bond donors (Lipinski definition) is 0. The third-order valence-electron chi connectivity index (χ3n) is 8.40. The van der Waals surface area contributed by atoms with Gasteiger partial charge in [-0.05, 0) is 81.1 Å². The van der Waals surface area contributed by atoms with Gasteiger partial charge in [0.2, 0.25) is 0 Å². The summed E-state index contributed by atoms with van der Waals surface area (Å²) in [5, 5.41) is 0.684. The van der Waals surface area contributed by atoms with Crippen molar-refractivity contribution in [2.24, 2.45) is 5.41 Å². The summed E-state index contributed by atoms with van der Waals surface area (Å²) in [6.45, 7) is 11.4. The van der Waals surface area contributed by atoms with Crippen LogP contribution in [0.1, 0.15) is 55.9 Å². The SMILES string of the molecule is CC(C)(C)OC(=O)N1Cc2ccc(CN3CCC4(CC3)CN(c3ncnc5ccc(CC(F)(F)F)cc35)C4)cc2C1. The minimum atomic E-state index is -4.25. The van der Waals surface area contributed by atoms with Crippen molar-refractivity contribution in [3.63, 3.8) is 0 Å². The van der Waals surface area contributed by atoms with Crippen molar-refractivity contribution in [2.45, 2.75) is 71.4 Å². The summed E-state index contributed by atoms with van der Waals surface area (Å²) in [6.07, 6.45) is -1.84. The van der Waals surface area contributed by atoms with Gasteiger partial charge in [0.25, 0.3) is 0 Å². The van der Waals surface area contributed by atoms with Gasteiger partial charge in [-0.3, -0.25) is 9.80 Å². The summed E-state index contributed by atoms with van der Waals surface area (Å²) in [4.78, 5) is 27.7. The zero-order valence-electron chi connectivity index (χ0n) is 23.8. The Labute approximate surface area is 238 Å². The number of carbonyl (C=O) groups excluding carboxylic acids is 1. The van der Waals surface area contributed by atoms with Gasteiger partial charge in [-0.25, -0.2) is 14.8 Å². The molecule has 3 aromatic rings. The van der Waals surface area contributed by atoms with Gasteiger partial charge >= 0.3 is 12.3 Å². The largest absolute Gasteiger partial charge is 0.444 e. The molecule has 6 rings (SSSR count). The highest BCUT2D eigenvalue weighted by Crippen LogP contribution is 2.44. The molecule has 41 heavy (non-hydrogen) atoms. The molecule has 0 saturated carbocycles. The number of ether oxygens (including phenoxy) is 1. The number of hydrogen-bond acceptors (Lipinski definition) is 6. The number of nitrogens with zero attached hydrogens (tertiary/aromatic N) is 5. The molecule has 2 aromatic carbocycles. The lowest BCUT2D eigenvalue weighted by Crippen LogP contribution is -2.60. The van der Waals surface area contributed by atoms with E-state index in [-0.39, 0.29) is 17.1 Å². The maximum atomic E-state index is 13.0. The fraction of sp³-hybridized carbons (Fsp3) is 0.516. The molecule has 0 radical (unpaired) electrons. The number of halogens is 3. The molecular weight excluding hydrogens is 531 g/mol. The number of benzene rings is 2. The molecule has 1 spiro atoms. The molecule has 3 aliphatic rings. The van der Waals surface area contributed by atoms with Crippen LogP contribution in [-0.2, 0) is 30.8 Å². The van der Waals surface area contributed by atoms with E-state index in [0.717, 1.165) is 51.4 Å². The van der Waals surface area contributed by atoms with Gasteiger partial charge in [0.1, 0.15) is 17.7 Å². The summed E-state index contributed by atoms with van der Waals surface area (Å²) >= 11 is 0. The van der Waals surface area contributed by atoms with Gasteiger partial charge in [-0.2, -0.15) is 13.2 Å². The number of carbonyl (C=O) groups is 1. The maximum absolute atomic E-state index is 13.0. The van der Waals surface area contributed by atoms with Crippen molar-refractivity contribution >= 4 is 22.8 Å². The number of likely N-dealkylation sites (tertiary alicyclic amines) is 1. The molecule has 10 heteroatoms. The fourth-order valence-corrected chi connectivity index (χ4v) is 6.36. The molecule has 2 saturated heterocycles. The zero-order chi connectivity index (χ0) is 29.0. The number of anilines is 1. The Bertz CT molecular complexity index is 1450. The Morgan fingerprint density at radius 3 is 2.37 bits per heavy atom. The van der Waals surface area contributed by atoms with Crippen LogP contribution in [0.15, 0.2) is 42.7 Å². The van der Waals surface area contributed by atoms with Gasteiger partial charge in [0, 0.05) is 43.5 Å². The summed E-state index contributed by atoms with van der Waals surface area (Å²) in [6, 6.07) is 11.3. The molecule has 1 aromatic heterocycles. The van der Waals surface area contributed by atoms with Crippen LogP contribution in [0.5, 0.6) is 0 Å². The molecule has 3 aliphatic heterocycles. The number of aromatic nitrogens is 2. The zero-order valence-corrected chi connectivity index (χ0v) is 23.8. The maximum Gasteiger partial charge on any atom is 0.410 e. The number of rotatable bonds is 4. The molecular formula is C31H36F3N5O2. The fourth-order valence-electron chi connectivity index (χ4n) is 6.36. The summed E-state index contributed by atoms with van der Waals surface area (Å²) in [7, 11) is 0. The van der Waals surface area contributed by atoms with Crippen LogP contribution < -0.4 is 4.90 Å². The minimum Gasteiger partial charge on any atom is -0.444 e. The lowest BCUT2D eigenvalue weighted by atomic mass is 9.72. The van der Waals surface area contributed by atoms with Gasteiger partial charge in [-0.1, -0.05) is 24.3 Å². The van der Waals surface area contributed by atoms with Crippen molar-refractivity contribution in [3.8, 4) is 0 Å². The second-order valence-electron chi connectivity index (χ2n) is 12.9. The van der Waals surface area contributed by atoms with Crippen LogP contribution in [0.3, 0.4) is 0 Å². The summed E-state index contributed by atoms with van der Waals surface area (Å²) < 4.78 is 44.5. The third-order valence-corrected chi connectivity index (χ3v) is 8.40. The first-order chi connectivity index (χ1) is 19.3. The minimum absolute atomic E-state index is 0.212. The number of amides is 1. The quantitative estimate of drug-likeness (QED) is 0.381. The highest BCUT2D eigenvalue weighted by atomic mass is 19.4. The standard InChI is InChI=1S/C31H36F3N5O2/c1-29(2,3)41-28(40)38-16-23-6-4-22(12-24(23)17-38)15-37-10-8-30(9-11-37)18-39(19-30)27-25-13-21(14-31(32,33)34)5-7-26(25)35-20-36-27/h4-7,12-13,20H,8-11,14-19H2,1-3H3. The molecule has 0 unspecified atom stereocenters. The number of fused-ring (bicyclic) bond motifs is 2. The first kappa shape index (κ1) is 27.8. The van der Waals surface area contributed by atoms with Crippen molar-refractivity contribution in [1.29, 1.82) is 0 Å². The Morgan fingerprint density at radius 2 is 1.66 bits per heavy atom. The molecule has 7 nitrogen and oxygen atoms in total. The molecule has 1 amide bonds. The van der Waals surface area contributed by atoms with Crippen LogP contribution in [0.4, 0.5) is 23.8 Å². The predicted molar refractivity (Wildman–Crippen MR) is 150 cm³/mol. The molecule has 0 aliphatic carbocycles. The van der Waals surface area contributed by atoms with Crippen molar-refractivity contribution in [1.82, 2.24) is 19.8 Å². The average Bonchev–Trinajstić information content (AvgIpc) is 3.30. The molecule has 4 heterocycles. The van der Waals surface area contributed by atoms with Crippen molar-refractivity contribution < 1.29 is 22.7 Å². The Balaban J connectivity index is 1.04. The number of piperidine rings is 1. The lowest BCUT2D eigenvalue weighted by molar-refractivity contribution is -0.127. The van der Waals surface area contributed by atoms with E-state index in [1.165, 1.54) is 29.1 Å². The molecule has 0 N–H and O–H groups in total. The van der Waals surface area contributed by atoms with Crippen LogP contribution in [-0.4, -0.2) is 63.8 Å². The molecule has 2 fully saturated rings. The topological polar surface area (TPSA) is 61.8 Å². The van der Waals surface area contributed by atoms with Crippen molar-refractivity contribution in [2.75, 3.05) is 31.1 Å². The average molecular weight is 568 g/mol. The van der Waals surface area contributed by atoms with E-state index >= 15 is 0 Å². The van der Waals surface area contributed by atoms with E-state index in [1.54, 1.807) is 17.0 Å². The van der Waals surface area contributed by atoms with Crippen LogP contribution in [0, 0.1) is 5.41 Å². The smallest absolute Gasteiger partial charge is 0.410 e. The van der Waals surface area contributed by atoms with Gasteiger partial charge in [-0.15, -0.1) is 0 Å². The van der Waals surface area contributed by atoms with E-state index < -0.39 is 18.2 Å². The third kappa shape index (κ3) is 6.12. The van der Waals surface area contributed by atoms with E-state index in [0.29, 0.717) is 24.0 Å². The van der Waals surface area contributed by atoms with E-state index in [1.807, 2.05) is 20.8 Å². The lowest BCUT2D eigenvalue weighted by Gasteiger charge is -2.54. The number of alkyl halides is 3. The highest BCUT2D eigenvalue weighted by molar-refractivity contribution is 5.90. The monoisotopic (exact) mass is 567 g/mol.